The Labute approximate surface area is 108 Å². The van der Waals surface area contributed by atoms with E-state index in [0.29, 0.717) is 0 Å². The van der Waals surface area contributed by atoms with E-state index < -0.39 is 10.9 Å². The van der Waals surface area contributed by atoms with Crippen LogP contribution in [0.2, 0.25) is 0 Å². The molecule has 1 heterocycles. The Kier molecular flexibility index (Phi) is 3.51. The third-order valence-corrected chi connectivity index (χ3v) is 4.27. The Bertz CT molecular complexity index is 470. The Morgan fingerprint density at radius 2 is 2.28 bits per heavy atom. The second kappa shape index (κ2) is 4.93. The van der Waals surface area contributed by atoms with Crippen LogP contribution in [0.1, 0.15) is 19.3 Å². The lowest BCUT2D eigenvalue weighted by molar-refractivity contribution is -0.389. The van der Waals surface area contributed by atoms with Crippen molar-refractivity contribution >= 4 is 23.5 Å². The molecule has 0 aromatic carbocycles. The van der Waals surface area contributed by atoms with Gasteiger partial charge in [-0.1, -0.05) is 0 Å². The van der Waals surface area contributed by atoms with Gasteiger partial charge in [0, 0.05) is 11.8 Å². The van der Waals surface area contributed by atoms with Crippen molar-refractivity contribution < 1.29 is 14.8 Å². The van der Waals surface area contributed by atoms with E-state index in [2.05, 4.69) is 4.98 Å². The summed E-state index contributed by atoms with van der Waals surface area (Å²) in [6.45, 7) is 0. The maximum Gasteiger partial charge on any atom is 0.363 e. The summed E-state index contributed by atoms with van der Waals surface area (Å²) in [5, 5.41) is 19.2. The van der Waals surface area contributed by atoms with Gasteiger partial charge in [0.1, 0.15) is 0 Å². The minimum atomic E-state index is -0.769. The highest BCUT2D eigenvalue weighted by Gasteiger charge is 2.44. The lowest BCUT2D eigenvalue weighted by Crippen LogP contribution is -2.10. The monoisotopic (exact) mass is 268 g/mol. The number of carboxylic acid groups (broad SMARTS) is 1. The fourth-order valence-electron chi connectivity index (χ4n) is 1.67. The average molecular weight is 268 g/mol. The summed E-state index contributed by atoms with van der Waals surface area (Å²) in [6.07, 6.45) is 3.53. The van der Waals surface area contributed by atoms with Crippen LogP contribution in [0, 0.1) is 15.5 Å². The molecule has 1 N–H and O–H groups in total. The number of hydrogen-bond donors (Lipinski definition) is 1. The largest absolute Gasteiger partial charge is 0.481 e. The molecule has 0 amide bonds. The van der Waals surface area contributed by atoms with Gasteiger partial charge in [-0.2, -0.15) is 0 Å². The van der Waals surface area contributed by atoms with Crippen LogP contribution in [-0.4, -0.2) is 26.7 Å². The summed E-state index contributed by atoms with van der Waals surface area (Å²) in [6, 6.07) is 3.01. The predicted molar refractivity (Wildman–Crippen MR) is 65.5 cm³/mol. The first-order chi connectivity index (χ1) is 8.51. The van der Waals surface area contributed by atoms with Crippen molar-refractivity contribution in [3.63, 3.8) is 0 Å². The van der Waals surface area contributed by atoms with E-state index >= 15 is 0 Å². The molecular weight excluding hydrogens is 256 g/mol. The Hall–Kier alpha value is -1.63. The molecule has 1 aliphatic rings. The Balaban J connectivity index is 1.90. The highest BCUT2D eigenvalue weighted by atomic mass is 32.2. The molecule has 7 heteroatoms. The van der Waals surface area contributed by atoms with Crippen molar-refractivity contribution in [1.82, 2.24) is 4.98 Å². The molecule has 1 aromatic heterocycles. The second-order valence-corrected chi connectivity index (χ2v) is 5.52. The van der Waals surface area contributed by atoms with Crippen LogP contribution < -0.4 is 0 Å². The molecule has 1 fully saturated rings. The third-order valence-electron chi connectivity index (χ3n) is 2.94. The molecule has 0 atom stereocenters. The molecule has 0 spiro atoms. The number of nitrogens with zero attached hydrogens (tertiary/aromatic N) is 2. The van der Waals surface area contributed by atoms with E-state index in [1.54, 1.807) is 6.07 Å². The fraction of sp³-hybridized carbons (Fsp3) is 0.455. The Morgan fingerprint density at radius 3 is 2.72 bits per heavy atom. The van der Waals surface area contributed by atoms with Crippen molar-refractivity contribution in [2.45, 2.75) is 24.2 Å². The summed E-state index contributed by atoms with van der Waals surface area (Å²) < 4.78 is 0. The predicted octanol–water partition coefficient (Wildman–Crippen LogP) is 2.34. The summed E-state index contributed by atoms with van der Waals surface area (Å²) in [4.78, 5) is 25.1. The van der Waals surface area contributed by atoms with Gasteiger partial charge < -0.3 is 15.2 Å². The van der Waals surface area contributed by atoms with E-state index in [-0.39, 0.29) is 17.7 Å². The van der Waals surface area contributed by atoms with Gasteiger partial charge in [0.25, 0.3) is 0 Å². The van der Waals surface area contributed by atoms with Crippen molar-refractivity contribution in [2.75, 3.05) is 5.75 Å². The van der Waals surface area contributed by atoms with E-state index in [4.69, 9.17) is 5.11 Å². The summed E-state index contributed by atoms with van der Waals surface area (Å²) in [5.74, 6) is -0.223. The van der Waals surface area contributed by atoms with Crippen LogP contribution in [-0.2, 0) is 4.79 Å². The van der Waals surface area contributed by atoms with Gasteiger partial charge >= 0.3 is 11.8 Å². The zero-order valence-electron chi connectivity index (χ0n) is 9.54. The van der Waals surface area contributed by atoms with E-state index in [1.165, 1.54) is 24.0 Å². The molecule has 0 radical (unpaired) electrons. The van der Waals surface area contributed by atoms with Crippen molar-refractivity contribution in [3.8, 4) is 0 Å². The zero-order chi connectivity index (χ0) is 13.2. The minimum Gasteiger partial charge on any atom is -0.481 e. The molecule has 18 heavy (non-hydrogen) atoms. The van der Waals surface area contributed by atoms with Crippen LogP contribution in [0.5, 0.6) is 0 Å². The highest BCUT2D eigenvalue weighted by Crippen LogP contribution is 2.51. The third kappa shape index (κ3) is 3.19. The lowest BCUT2D eigenvalue weighted by atomic mass is 10.1. The van der Waals surface area contributed by atoms with Gasteiger partial charge in [0.05, 0.1) is 11.3 Å². The van der Waals surface area contributed by atoms with Crippen molar-refractivity contribution in [2.24, 2.45) is 5.41 Å². The molecule has 96 valence electrons. The van der Waals surface area contributed by atoms with Gasteiger partial charge in [-0.05, 0) is 34.2 Å². The number of aromatic nitrogens is 1. The van der Waals surface area contributed by atoms with E-state index in [1.807, 2.05) is 0 Å². The zero-order valence-corrected chi connectivity index (χ0v) is 10.4. The average Bonchev–Trinajstić information content (AvgIpc) is 3.06. The molecule has 0 saturated heterocycles. The summed E-state index contributed by atoms with van der Waals surface area (Å²) in [7, 11) is 0. The van der Waals surface area contributed by atoms with E-state index in [0.717, 1.165) is 23.5 Å². The topological polar surface area (TPSA) is 93.3 Å². The smallest absolute Gasteiger partial charge is 0.363 e. The molecule has 1 aliphatic carbocycles. The number of hydrogen-bond acceptors (Lipinski definition) is 5. The number of pyridine rings is 1. The van der Waals surface area contributed by atoms with Crippen LogP contribution >= 0.6 is 11.8 Å². The van der Waals surface area contributed by atoms with Gasteiger partial charge in [0.2, 0.25) is 0 Å². The first-order valence-corrected chi connectivity index (χ1v) is 6.44. The quantitative estimate of drug-likeness (QED) is 0.483. The van der Waals surface area contributed by atoms with Gasteiger partial charge in [0.15, 0.2) is 6.20 Å². The number of nitro groups is 1. The number of thioether (sulfide) groups is 1. The first kappa shape index (κ1) is 12.8. The molecular formula is C11H12N2O4S. The van der Waals surface area contributed by atoms with E-state index in [9.17, 15) is 14.9 Å². The van der Waals surface area contributed by atoms with Crippen LogP contribution in [0.25, 0.3) is 0 Å². The minimum absolute atomic E-state index is 0.0850. The normalized spacial score (nSPS) is 16.2. The summed E-state index contributed by atoms with van der Waals surface area (Å²) >= 11 is 1.50. The van der Waals surface area contributed by atoms with Crippen LogP contribution in [0.4, 0.5) is 5.82 Å². The first-order valence-electron chi connectivity index (χ1n) is 5.46. The molecule has 1 aromatic rings. The maximum absolute atomic E-state index is 10.7. The molecule has 2 rings (SSSR count). The van der Waals surface area contributed by atoms with Crippen molar-refractivity contribution in [1.29, 1.82) is 0 Å². The SMILES string of the molecule is O=C(O)CC1(CSc2ccc([N+](=O)[O-])nc2)CC1. The number of carboxylic acids is 1. The lowest BCUT2D eigenvalue weighted by Gasteiger charge is -2.10. The summed E-state index contributed by atoms with van der Waals surface area (Å²) in [5.41, 5.74) is -0.0850. The standard InChI is InChI=1S/C11H12N2O4S/c14-10(15)5-11(3-4-11)7-18-8-1-2-9(12-6-8)13(16)17/h1-2,6H,3-5,7H2,(H,14,15). The maximum atomic E-state index is 10.7. The van der Waals surface area contributed by atoms with Crippen molar-refractivity contribution in [3.05, 3.63) is 28.4 Å². The fourth-order valence-corrected chi connectivity index (χ4v) is 2.83. The number of aliphatic carboxylic acids is 1. The molecule has 0 aliphatic heterocycles. The van der Waals surface area contributed by atoms with Gasteiger partial charge in [-0.25, -0.2) is 0 Å². The van der Waals surface area contributed by atoms with Gasteiger partial charge in [-0.3, -0.25) is 4.79 Å². The second-order valence-electron chi connectivity index (χ2n) is 4.47. The van der Waals surface area contributed by atoms with Crippen LogP contribution in [0.3, 0.4) is 0 Å². The molecule has 0 bridgehead atoms. The molecule has 0 unspecified atom stereocenters. The number of rotatable bonds is 6. The van der Waals surface area contributed by atoms with Gasteiger partial charge in [-0.15, -0.1) is 11.8 Å². The van der Waals surface area contributed by atoms with Crippen LogP contribution in [0.15, 0.2) is 23.2 Å². The Morgan fingerprint density at radius 1 is 1.56 bits per heavy atom. The molecule has 6 nitrogen and oxygen atoms in total. The number of carbonyl (C=O) groups is 1. The molecule has 1 saturated carbocycles. The highest BCUT2D eigenvalue weighted by molar-refractivity contribution is 7.99.